The molecule has 31 heavy (non-hydrogen) atoms. The highest BCUT2D eigenvalue weighted by Crippen LogP contribution is 2.27. The predicted octanol–water partition coefficient (Wildman–Crippen LogP) is 2.73. The molecule has 10 nitrogen and oxygen atoms in total. The van der Waals surface area contributed by atoms with Gasteiger partial charge in [-0.3, -0.25) is 9.69 Å². The van der Waals surface area contributed by atoms with Crippen molar-refractivity contribution in [1.29, 1.82) is 0 Å². The van der Waals surface area contributed by atoms with Crippen molar-refractivity contribution in [3.63, 3.8) is 0 Å². The number of ether oxygens (including phenoxy) is 4. The fourth-order valence-corrected chi connectivity index (χ4v) is 3.19. The third kappa shape index (κ3) is 8.26. The molecule has 1 fully saturated rings. The number of nitrogens with zero attached hydrogens (tertiary/aromatic N) is 2. The molecule has 2 amide bonds. The Kier molecular flexibility index (Phi) is 9.13. The molecule has 0 aromatic heterocycles. The molecule has 1 aliphatic heterocycles. The number of carbonyl (C=O) groups excluding carboxylic acids is 4. The van der Waals surface area contributed by atoms with Crippen LogP contribution in [0.15, 0.2) is 0 Å². The van der Waals surface area contributed by atoms with E-state index >= 15 is 0 Å². The molecule has 2 atom stereocenters. The van der Waals surface area contributed by atoms with Crippen molar-refractivity contribution in [2.45, 2.75) is 84.6 Å². The second-order valence-corrected chi connectivity index (χ2v) is 9.23. The van der Waals surface area contributed by atoms with Crippen molar-refractivity contribution in [3.05, 3.63) is 0 Å². The lowest BCUT2D eigenvalue weighted by Gasteiger charge is -2.46. The molecule has 1 heterocycles. The summed E-state index contributed by atoms with van der Waals surface area (Å²) in [5.41, 5.74) is -1.54. The molecule has 0 spiro atoms. The van der Waals surface area contributed by atoms with Crippen molar-refractivity contribution in [2.75, 3.05) is 26.8 Å². The number of hydrogen-bond acceptors (Lipinski definition) is 8. The number of carbonyl (C=O) groups is 4. The third-order valence-electron chi connectivity index (χ3n) is 4.33. The minimum atomic E-state index is -1.16. The van der Waals surface area contributed by atoms with E-state index in [-0.39, 0.29) is 32.5 Å². The maximum atomic E-state index is 12.9. The van der Waals surface area contributed by atoms with E-state index in [0.717, 1.165) is 0 Å². The second kappa shape index (κ2) is 10.7. The summed E-state index contributed by atoms with van der Waals surface area (Å²) in [4.78, 5) is 53.0. The van der Waals surface area contributed by atoms with Crippen LogP contribution in [0.4, 0.5) is 9.59 Å². The summed E-state index contributed by atoms with van der Waals surface area (Å²) in [6.07, 6.45) is -1.31. The molecule has 0 radical (unpaired) electrons. The zero-order chi connectivity index (χ0) is 24.0. The lowest BCUT2D eigenvalue weighted by molar-refractivity contribution is -0.153. The number of methoxy groups -OCH3 is 1. The molecule has 0 unspecified atom stereocenters. The maximum Gasteiger partial charge on any atom is 0.411 e. The standard InChI is InChI=1S/C21H36N2O8/c1-9-29-15(24)11-10-14-16(17(25)28-8)23(19(27)31-21(5,6)7)13-12-22(14)18(26)30-20(2,3)4/h14,16H,9-13H2,1-8H3/t14-,16+/m0/s1. The summed E-state index contributed by atoms with van der Waals surface area (Å²) in [6, 6.07) is -2.01. The minimum absolute atomic E-state index is 0.0455. The summed E-state index contributed by atoms with van der Waals surface area (Å²) >= 11 is 0. The van der Waals surface area contributed by atoms with Gasteiger partial charge < -0.3 is 23.8 Å². The van der Waals surface area contributed by atoms with Gasteiger partial charge >= 0.3 is 24.1 Å². The summed E-state index contributed by atoms with van der Waals surface area (Å²) in [7, 11) is 1.20. The van der Waals surface area contributed by atoms with Crippen LogP contribution < -0.4 is 0 Å². The average Bonchev–Trinajstić information content (AvgIpc) is 2.62. The molecule has 0 saturated carbocycles. The Balaban J connectivity index is 3.27. The number of rotatable bonds is 5. The van der Waals surface area contributed by atoms with Crippen LogP contribution in [0.5, 0.6) is 0 Å². The molecule has 178 valence electrons. The molecular weight excluding hydrogens is 408 g/mol. The molecule has 1 rings (SSSR count). The van der Waals surface area contributed by atoms with Gasteiger partial charge in [0.15, 0.2) is 6.04 Å². The van der Waals surface area contributed by atoms with Crippen LogP contribution in [0.3, 0.4) is 0 Å². The Morgan fingerprint density at radius 2 is 1.35 bits per heavy atom. The number of piperazine rings is 1. The van der Waals surface area contributed by atoms with Crippen LogP contribution in [-0.2, 0) is 28.5 Å². The van der Waals surface area contributed by atoms with Crippen LogP contribution in [0.2, 0.25) is 0 Å². The fraction of sp³-hybridized carbons (Fsp3) is 0.810. The number of hydrogen-bond donors (Lipinski definition) is 0. The largest absolute Gasteiger partial charge is 0.467 e. The van der Waals surface area contributed by atoms with E-state index in [9.17, 15) is 19.2 Å². The van der Waals surface area contributed by atoms with Gasteiger partial charge in [-0.15, -0.1) is 0 Å². The van der Waals surface area contributed by atoms with Gasteiger partial charge in [0.1, 0.15) is 11.2 Å². The molecule has 0 N–H and O–H groups in total. The molecular formula is C21H36N2O8. The van der Waals surface area contributed by atoms with Crippen LogP contribution >= 0.6 is 0 Å². The third-order valence-corrected chi connectivity index (χ3v) is 4.33. The van der Waals surface area contributed by atoms with Crippen LogP contribution in [0.1, 0.15) is 61.3 Å². The van der Waals surface area contributed by atoms with E-state index in [2.05, 4.69) is 0 Å². The van der Waals surface area contributed by atoms with Gasteiger partial charge in [0.05, 0.1) is 19.8 Å². The van der Waals surface area contributed by atoms with Gasteiger partial charge in [-0.2, -0.15) is 0 Å². The Morgan fingerprint density at radius 1 is 0.871 bits per heavy atom. The highest BCUT2D eigenvalue weighted by molar-refractivity contribution is 5.84. The van der Waals surface area contributed by atoms with Crippen LogP contribution in [0.25, 0.3) is 0 Å². The summed E-state index contributed by atoms with van der Waals surface area (Å²) in [5.74, 6) is -1.18. The van der Waals surface area contributed by atoms with E-state index in [4.69, 9.17) is 18.9 Å². The number of amides is 2. The van der Waals surface area contributed by atoms with Gasteiger partial charge in [0.2, 0.25) is 0 Å². The van der Waals surface area contributed by atoms with E-state index in [1.165, 1.54) is 16.9 Å². The normalized spacial score (nSPS) is 19.5. The molecule has 0 aliphatic carbocycles. The molecule has 1 aliphatic rings. The molecule has 0 aromatic carbocycles. The molecule has 10 heteroatoms. The second-order valence-electron chi connectivity index (χ2n) is 9.23. The first-order chi connectivity index (χ1) is 14.2. The topological polar surface area (TPSA) is 112 Å². The van der Waals surface area contributed by atoms with Gasteiger partial charge in [-0.1, -0.05) is 0 Å². The van der Waals surface area contributed by atoms with Gasteiger partial charge in [0.25, 0.3) is 0 Å². The Bertz CT molecular complexity index is 665. The van der Waals surface area contributed by atoms with Crippen molar-refractivity contribution in [1.82, 2.24) is 9.80 Å². The number of esters is 2. The van der Waals surface area contributed by atoms with Gasteiger partial charge in [-0.05, 0) is 54.9 Å². The Labute approximate surface area is 184 Å². The quantitative estimate of drug-likeness (QED) is 0.470. The predicted molar refractivity (Wildman–Crippen MR) is 111 cm³/mol. The van der Waals surface area contributed by atoms with E-state index in [0.29, 0.717) is 0 Å². The first kappa shape index (κ1) is 26.5. The molecule has 0 aromatic rings. The summed E-state index contributed by atoms with van der Waals surface area (Å²) < 4.78 is 20.8. The first-order valence-corrected chi connectivity index (χ1v) is 10.4. The lowest BCUT2D eigenvalue weighted by atomic mass is 9.97. The van der Waals surface area contributed by atoms with Crippen molar-refractivity contribution >= 4 is 24.1 Å². The highest BCUT2D eigenvalue weighted by atomic mass is 16.6. The van der Waals surface area contributed by atoms with Gasteiger partial charge in [0, 0.05) is 19.5 Å². The molecule has 0 bridgehead atoms. The SMILES string of the molecule is CCOC(=O)CC[C@H]1[C@H](C(=O)OC)N(C(=O)OC(C)(C)C)CCN1C(=O)OC(C)(C)C. The monoisotopic (exact) mass is 444 g/mol. The maximum absolute atomic E-state index is 12.9. The highest BCUT2D eigenvalue weighted by Gasteiger charge is 2.47. The van der Waals surface area contributed by atoms with Crippen LogP contribution in [0, 0.1) is 0 Å². The smallest absolute Gasteiger partial charge is 0.411 e. The Morgan fingerprint density at radius 3 is 1.81 bits per heavy atom. The minimum Gasteiger partial charge on any atom is -0.467 e. The average molecular weight is 445 g/mol. The zero-order valence-electron chi connectivity index (χ0n) is 19.9. The zero-order valence-corrected chi connectivity index (χ0v) is 19.9. The van der Waals surface area contributed by atoms with Gasteiger partial charge in [-0.25, -0.2) is 14.4 Å². The van der Waals surface area contributed by atoms with Crippen LogP contribution in [-0.4, -0.2) is 84.0 Å². The fourth-order valence-electron chi connectivity index (χ4n) is 3.19. The summed E-state index contributed by atoms with van der Waals surface area (Å²) in [6.45, 7) is 12.4. The van der Waals surface area contributed by atoms with E-state index < -0.39 is 47.4 Å². The van der Waals surface area contributed by atoms with Crippen molar-refractivity contribution in [2.24, 2.45) is 0 Å². The Hall–Kier alpha value is -2.52. The van der Waals surface area contributed by atoms with Crippen molar-refractivity contribution in [3.8, 4) is 0 Å². The van der Waals surface area contributed by atoms with E-state index in [1.54, 1.807) is 48.5 Å². The van der Waals surface area contributed by atoms with Crippen molar-refractivity contribution < 1.29 is 38.1 Å². The lowest BCUT2D eigenvalue weighted by Crippen LogP contribution is -2.66. The molecule has 1 saturated heterocycles. The van der Waals surface area contributed by atoms with E-state index in [1.807, 2.05) is 0 Å². The summed E-state index contributed by atoms with van der Waals surface area (Å²) in [5, 5.41) is 0. The first-order valence-electron chi connectivity index (χ1n) is 10.4.